The fraction of sp³-hybridized carbons (Fsp3) is 0.300. The van der Waals surface area contributed by atoms with Crippen molar-refractivity contribution in [3.63, 3.8) is 0 Å². The monoisotopic (exact) mass is 289 g/mol. The maximum atomic E-state index is 11.0. The fourth-order valence-electron chi connectivity index (χ4n) is 1.57. The number of ketones is 1. The third-order valence-corrected chi connectivity index (χ3v) is 2.26. The van der Waals surface area contributed by atoms with E-state index in [-0.39, 0.29) is 57.3 Å². The third-order valence-electron chi connectivity index (χ3n) is 2.26. The zero-order valence-corrected chi connectivity index (χ0v) is 13.4. The largest absolute Gasteiger partial charge is 1.00 e. The van der Waals surface area contributed by atoms with Crippen LogP contribution < -0.4 is 51.4 Å². The molecule has 1 rings (SSSR count). The van der Waals surface area contributed by atoms with Gasteiger partial charge in [-0.05, 0) is 13.3 Å². The Hall–Kier alpha value is -1.05. The quantitative estimate of drug-likeness (QED) is 0.255. The van der Waals surface area contributed by atoms with Gasteiger partial charge in [-0.25, -0.2) is 0 Å². The van der Waals surface area contributed by atoms with Gasteiger partial charge in [0.15, 0.2) is 11.4 Å². The molecule has 0 saturated heterocycles. The Labute approximate surface area is 150 Å². The van der Waals surface area contributed by atoms with Crippen molar-refractivity contribution in [1.29, 1.82) is 5.26 Å². The number of carbonyl (C=O) groups is 1. The molecule has 0 heterocycles. The molecule has 0 aromatic heterocycles. The molecule has 0 unspecified atom stereocenters. The summed E-state index contributed by atoms with van der Waals surface area (Å²) >= 11 is 0. The van der Waals surface area contributed by atoms with E-state index in [9.17, 15) is 25.0 Å². The van der Waals surface area contributed by atoms with Crippen LogP contribution in [0.15, 0.2) is 23.5 Å². The van der Waals surface area contributed by atoms with Crippen LogP contribution in [-0.4, -0.2) is 15.6 Å². The predicted molar refractivity (Wildman–Crippen MR) is 57.8 cm³/mol. The Morgan fingerprint density at radius 3 is 2.05 bits per heavy atom. The van der Waals surface area contributed by atoms with Gasteiger partial charge in [0.1, 0.15) is 5.78 Å². The average Bonchev–Trinajstić information content (AvgIpc) is 2.27. The minimum atomic E-state index is -1.04. The molecule has 0 atom stereocenters. The summed E-state index contributed by atoms with van der Waals surface area (Å²) in [6.45, 7) is 1.18. The van der Waals surface area contributed by atoms with Gasteiger partial charge in [-0.2, -0.15) is 5.26 Å². The summed E-state index contributed by atoms with van der Waals surface area (Å²) in [5.41, 5.74) is -1.10. The van der Waals surface area contributed by atoms with E-state index in [2.05, 4.69) is 0 Å². The second-order valence-electron chi connectivity index (χ2n) is 3.63. The van der Waals surface area contributed by atoms with Gasteiger partial charge in [0.25, 0.3) is 0 Å². The van der Waals surface area contributed by atoms with Gasteiger partial charge in [0.2, 0.25) is 0 Å². The van der Waals surface area contributed by atoms with Crippen LogP contribution in [0, 0.1) is 43.4 Å². The van der Waals surface area contributed by atoms with Crippen molar-refractivity contribution in [1.82, 2.24) is 0 Å². The van der Waals surface area contributed by atoms with Crippen LogP contribution >= 0.6 is 0 Å². The normalized spacial score (nSPS) is 14.6. The zero-order valence-electron chi connectivity index (χ0n) is 10.3. The molecule has 0 radical (unpaired) electrons. The van der Waals surface area contributed by atoms with E-state index in [0.29, 0.717) is 0 Å². The first kappa shape index (κ1) is 17.9. The van der Waals surface area contributed by atoms with E-state index in [1.807, 2.05) is 0 Å². The van der Waals surface area contributed by atoms with Crippen molar-refractivity contribution in [2.75, 3.05) is 0 Å². The number of Topliss-reactive ketones (excluding diaryl/α,β-unsaturated/α-hetero) is 1. The topological polar surface area (TPSA) is 127 Å². The number of hydrogen-bond acceptors (Lipinski definition) is 6. The molecule has 94 valence electrons. The summed E-state index contributed by atoms with van der Waals surface area (Å²) in [5, 5.41) is 30.3. The molecule has 0 saturated carbocycles. The second-order valence-corrected chi connectivity index (χ2v) is 3.63. The first-order valence-electron chi connectivity index (χ1n) is 4.85. The summed E-state index contributed by atoms with van der Waals surface area (Å²) in [6, 6.07) is 1.69. The van der Waals surface area contributed by atoms with E-state index in [0.717, 1.165) is 12.2 Å². The molecule has 0 bridgehead atoms. The maximum absolute atomic E-state index is 11.0. The molecule has 0 aliphatic heterocycles. The molecule has 0 spiro atoms. The van der Waals surface area contributed by atoms with Crippen molar-refractivity contribution in [2.45, 2.75) is 13.3 Å². The number of carbonyl (C=O) groups excluding carboxylic acids is 1. The Kier molecular flexibility index (Phi) is 7.10. The molecule has 9 heteroatoms. The third kappa shape index (κ3) is 4.52. The van der Waals surface area contributed by atoms with Crippen molar-refractivity contribution in [3.8, 4) is 6.07 Å². The first-order chi connectivity index (χ1) is 8.36. The van der Waals surface area contributed by atoms with Gasteiger partial charge in [-0.1, -0.05) is 12.2 Å². The van der Waals surface area contributed by atoms with Crippen molar-refractivity contribution >= 4 is 5.78 Å². The molecular formula is C10H8KN3O5. The number of nitro groups is 2. The van der Waals surface area contributed by atoms with E-state index in [1.54, 1.807) is 6.07 Å². The Bertz CT molecular complexity index is 488. The van der Waals surface area contributed by atoms with E-state index < -0.39 is 39.4 Å². The van der Waals surface area contributed by atoms with Crippen LogP contribution in [0.25, 0.3) is 0 Å². The minimum absolute atomic E-state index is 0. The van der Waals surface area contributed by atoms with Gasteiger partial charge in [-0.15, -0.1) is 0 Å². The first-order valence-corrected chi connectivity index (χ1v) is 4.85. The molecule has 0 N–H and O–H groups in total. The minimum Gasteiger partial charge on any atom is -0.301 e. The van der Waals surface area contributed by atoms with E-state index in [1.165, 1.54) is 6.92 Å². The SMILES string of the molecule is CC(=O)C[C-]1C([N+](=O)[O-])=CC(C#N)C=C1[N+](=O)[O-].[K+]. The average molecular weight is 289 g/mol. The van der Waals surface area contributed by atoms with Crippen LogP contribution in [0.5, 0.6) is 0 Å². The molecule has 0 fully saturated rings. The van der Waals surface area contributed by atoms with Crippen LogP contribution in [-0.2, 0) is 4.79 Å². The van der Waals surface area contributed by atoms with Gasteiger partial charge >= 0.3 is 51.4 Å². The van der Waals surface area contributed by atoms with Gasteiger partial charge in [0, 0.05) is 27.8 Å². The Morgan fingerprint density at radius 2 is 1.79 bits per heavy atom. The Balaban J connectivity index is 0.00000324. The number of allylic oxidation sites excluding steroid dienone is 2. The molecule has 8 nitrogen and oxygen atoms in total. The van der Waals surface area contributed by atoms with Gasteiger partial charge < -0.3 is 4.79 Å². The number of hydrogen-bond donors (Lipinski definition) is 0. The van der Waals surface area contributed by atoms with Gasteiger partial charge in [0.05, 0.1) is 0 Å². The van der Waals surface area contributed by atoms with Gasteiger partial charge in [-0.3, -0.25) is 20.2 Å². The fourth-order valence-corrected chi connectivity index (χ4v) is 1.57. The van der Waals surface area contributed by atoms with Crippen LogP contribution in [0.3, 0.4) is 0 Å². The number of nitriles is 1. The number of nitrogens with zero attached hydrogens (tertiary/aromatic N) is 3. The van der Waals surface area contributed by atoms with Crippen LogP contribution in [0.1, 0.15) is 13.3 Å². The number of rotatable bonds is 4. The molecule has 1 aliphatic carbocycles. The molecule has 0 aromatic carbocycles. The summed E-state index contributed by atoms with van der Waals surface area (Å²) in [5.74, 6) is -1.73. The standard InChI is InChI=1S/C10H8N3O5.K/c1-6(14)2-8-9(12(15)16)3-7(5-11)4-10(8)13(17)18;/h3-4,7H,2H2,1H3;/q-1;+1. The van der Waals surface area contributed by atoms with Crippen molar-refractivity contribution in [2.24, 2.45) is 5.92 Å². The van der Waals surface area contributed by atoms with Crippen molar-refractivity contribution < 1.29 is 66.0 Å². The Morgan fingerprint density at radius 1 is 1.37 bits per heavy atom. The zero-order chi connectivity index (χ0) is 13.9. The summed E-state index contributed by atoms with van der Waals surface area (Å²) in [4.78, 5) is 31.0. The molecule has 19 heavy (non-hydrogen) atoms. The summed E-state index contributed by atoms with van der Waals surface area (Å²) in [7, 11) is 0. The smallest absolute Gasteiger partial charge is 0.301 e. The molecule has 1 aliphatic rings. The molecule has 0 aromatic rings. The van der Waals surface area contributed by atoms with E-state index in [4.69, 9.17) is 5.26 Å². The summed E-state index contributed by atoms with van der Waals surface area (Å²) < 4.78 is 0. The van der Waals surface area contributed by atoms with Crippen molar-refractivity contribution in [3.05, 3.63) is 49.7 Å². The van der Waals surface area contributed by atoms with Crippen LogP contribution in [0.2, 0.25) is 0 Å². The maximum Gasteiger partial charge on any atom is 1.00 e. The predicted octanol–water partition coefficient (Wildman–Crippen LogP) is -1.98. The second kappa shape index (κ2) is 7.51. The van der Waals surface area contributed by atoms with Crippen LogP contribution in [0.4, 0.5) is 0 Å². The summed E-state index contributed by atoms with van der Waals surface area (Å²) in [6.07, 6.45) is 1.61. The van der Waals surface area contributed by atoms with E-state index >= 15 is 0 Å². The molecular weight excluding hydrogens is 281 g/mol. The molecule has 0 amide bonds.